The molecule has 1 aromatic rings. The van der Waals surface area contributed by atoms with E-state index in [4.69, 9.17) is 10.00 Å². The standard InChI is InChI=1S/C13H18N2O2S/c1-13(16,9-18-3)8-15-12-6-11(17-2)5-4-10(12)7-14/h4-6,15-16H,8-9H2,1-3H3. The summed E-state index contributed by atoms with van der Waals surface area (Å²) in [5.41, 5.74) is 0.406. The molecule has 2 N–H and O–H groups in total. The van der Waals surface area contributed by atoms with E-state index < -0.39 is 5.60 Å². The van der Waals surface area contributed by atoms with Crippen molar-refractivity contribution in [3.63, 3.8) is 0 Å². The smallest absolute Gasteiger partial charge is 0.121 e. The number of nitrogens with zero attached hydrogens (tertiary/aromatic N) is 1. The van der Waals surface area contributed by atoms with Crippen LogP contribution in [0, 0.1) is 11.3 Å². The Kier molecular flexibility index (Phi) is 5.32. The van der Waals surface area contributed by atoms with Gasteiger partial charge in [-0.15, -0.1) is 0 Å². The maximum atomic E-state index is 10.1. The first-order valence-electron chi connectivity index (χ1n) is 5.56. The van der Waals surface area contributed by atoms with Crippen LogP contribution in [0.4, 0.5) is 5.69 Å². The molecule has 1 rings (SSSR count). The average Bonchev–Trinajstić information content (AvgIpc) is 2.36. The van der Waals surface area contributed by atoms with Crippen molar-refractivity contribution >= 4 is 17.4 Å². The predicted octanol–water partition coefficient (Wildman–Crippen LogP) is 2.09. The fourth-order valence-corrected chi connectivity index (χ4v) is 2.27. The fourth-order valence-electron chi connectivity index (χ4n) is 1.54. The first-order valence-corrected chi connectivity index (χ1v) is 6.95. The van der Waals surface area contributed by atoms with Crippen LogP contribution in [0.3, 0.4) is 0 Å². The molecule has 1 unspecified atom stereocenters. The third-order valence-electron chi connectivity index (χ3n) is 2.46. The molecule has 0 aromatic heterocycles. The normalized spacial score (nSPS) is 13.5. The van der Waals surface area contributed by atoms with E-state index in [0.717, 1.165) is 0 Å². The summed E-state index contributed by atoms with van der Waals surface area (Å²) in [5.74, 6) is 1.31. The molecule has 0 spiro atoms. The van der Waals surface area contributed by atoms with E-state index in [-0.39, 0.29) is 0 Å². The van der Waals surface area contributed by atoms with Gasteiger partial charge in [-0.2, -0.15) is 17.0 Å². The van der Waals surface area contributed by atoms with Crippen molar-refractivity contribution in [2.24, 2.45) is 0 Å². The number of hydrogen-bond acceptors (Lipinski definition) is 5. The molecule has 0 aliphatic heterocycles. The Bertz CT molecular complexity index is 441. The zero-order chi connectivity index (χ0) is 13.6. The van der Waals surface area contributed by atoms with Gasteiger partial charge in [-0.05, 0) is 25.3 Å². The highest BCUT2D eigenvalue weighted by Crippen LogP contribution is 2.23. The molecule has 0 aliphatic carbocycles. The Morgan fingerprint density at radius 3 is 2.83 bits per heavy atom. The van der Waals surface area contributed by atoms with Gasteiger partial charge < -0.3 is 15.2 Å². The Morgan fingerprint density at radius 1 is 1.56 bits per heavy atom. The quantitative estimate of drug-likeness (QED) is 0.825. The summed E-state index contributed by atoms with van der Waals surface area (Å²) >= 11 is 1.58. The van der Waals surface area contributed by atoms with E-state index in [1.807, 2.05) is 6.26 Å². The van der Waals surface area contributed by atoms with Crippen LogP contribution in [0.1, 0.15) is 12.5 Å². The lowest BCUT2D eigenvalue weighted by molar-refractivity contribution is 0.0997. The number of thioether (sulfide) groups is 1. The van der Waals surface area contributed by atoms with E-state index in [9.17, 15) is 5.11 Å². The van der Waals surface area contributed by atoms with Crippen LogP contribution in [-0.2, 0) is 0 Å². The zero-order valence-electron chi connectivity index (χ0n) is 10.9. The lowest BCUT2D eigenvalue weighted by Crippen LogP contribution is -2.36. The first kappa shape index (κ1) is 14.7. The molecule has 0 amide bonds. The van der Waals surface area contributed by atoms with Crippen molar-refractivity contribution in [1.82, 2.24) is 0 Å². The van der Waals surface area contributed by atoms with Gasteiger partial charge in [0.15, 0.2) is 0 Å². The number of benzene rings is 1. The monoisotopic (exact) mass is 266 g/mol. The highest BCUT2D eigenvalue weighted by molar-refractivity contribution is 7.98. The third-order valence-corrected chi connectivity index (χ3v) is 3.37. The van der Waals surface area contributed by atoms with Crippen LogP contribution < -0.4 is 10.1 Å². The molecule has 0 saturated carbocycles. The maximum Gasteiger partial charge on any atom is 0.121 e. The van der Waals surface area contributed by atoms with Crippen LogP contribution in [0.25, 0.3) is 0 Å². The number of aliphatic hydroxyl groups is 1. The van der Waals surface area contributed by atoms with Crippen LogP contribution >= 0.6 is 11.8 Å². The first-order chi connectivity index (χ1) is 8.52. The SMILES string of the molecule is COc1ccc(C#N)c(NCC(C)(O)CSC)c1. The van der Waals surface area contributed by atoms with Crippen LogP contribution in [-0.4, -0.2) is 36.4 Å². The van der Waals surface area contributed by atoms with Gasteiger partial charge in [0.1, 0.15) is 11.8 Å². The zero-order valence-corrected chi connectivity index (χ0v) is 11.7. The van der Waals surface area contributed by atoms with Crippen molar-refractivity contribution in [3.05, 3.63) is 23.8 Å². The summed E-state index contributed by atoms with van der Waals surface area (Å²) < 4.78 is 5.12. The molecule has 4 nitrogen and oxygen atoms in total. The van der Waals surface area contributed by atoms with Crippen molar-refractivity contribution in [2.45, 2.75) is 12.5 Å². The van der Waals surface area contributed by atoms with Gasteiger partial charge in [0.2, 0.25) is 0 Å². The minimum absolute atomic E-state index is 0.385. The summed E-state index contributed by atoms with van der Waals surface area (Å²) in [5, 5.41) is 22.2. The molecule has 0 bridgehead atoms. The number of nitriles is 1. The topological polar surface area (TPSA) is 65.3 Å². The van der Waals surface area contributed by atoms with Crippen LogP contribution in [0.5, 0.6) is 5.75 Å². The molecule has 18 heavy (non-hydrogen) atoms. The fraction of sp³-hybridized carbons (Fsp3) is 0.462. The van der Waals surface area contributed by atoms with Crippen LogP contribution in [0.15, 0.2) is 18.2 Å². The van der Waals surface area contributed by atoms with E-state index in [1.165, 1.54) is 0 Å². The summed E-state index contributed by atoms with van der Waals surface area (Å²) in [6.07, 6.45) is 1.95. The van der Waals surface area contributed by atoms with Gasteiger partial charge in [-0.25, -0.2) is 0 Å². The van der Waals surface area contributed by atoms with Gasteiger partial charge in [0, 0.05) is 18.4 Å². The van der Waals surface area contributed by atoms with E-state index in [0.29, 0.717) is 29.3 Å². The highest BCUT2D eigenvalue weighted by atomic mass is 32.2. The van der Waals surface area contributed by atoms with E-state index >= 15 is 0 Å². The Labute approximate surface area is 112 Å². The van der Waals surface area contributed by atoms with Crippen molar-refractivity contribution < 1.29 is 9.84 Å². The van der Waals surface area contributed by atoms with Gasteiger partial charge >= 0.3 is 0 Å². The molecule has 0 saturated heterocycles. The number of nitrogens with one attached hydrogen (secondary N) is 1. The molecule has 0 radical (unpaired) electrons. The second-order valence-electron chi connectivity index (χ2n) is 4.31. The molecule has 5 heteroatoms. The van der Waals surface area contributed by atoms with Crippen LogP contribution in [0.2, 0.25) is 0 Å². The minimum Gasteiger partial charge on any atom is -0.497 e. The van der Waals surface area contributed by atoms with Crippen molar-refractivity contribution in [1.29, 1.82) is 5.26 Å². The Balaban J connectivity index is 2.80. The Hall–Kier alpha value is -1.38. The Morgan fingerprint density at radius 2 is 2.28 bits per heavy atom. The highest BCUT2D eigenvalue weighted by Gasteiger charge is 2.19. The largest absolute Gasteiger partial charge is 0.497 e. The lowest BCUT2D eigenvalue weighted by Gasteiger charge is -2.23. The molecule has 1 aromatic carbocycles. The van der Waals surface area contributed by atoms with Crippen molar-refractivity contribution in [3.8, 4) is 11.8 Å². The molecule has 1 atom stereocenters. The molecule has 0 heterocycles. The van der Waals surface area contributed by atoms with Crippen molar-refractivity contribution in [2.75, 3.05) is 31.0 Å². The summed E-state index contributed by atoms with van der Waals surface area (Å²) in [4.78, 5) is 0. The number of ether oxygens (including phenoxy) is 1. The second-order valence-corrected chi connectivity index (χ2v) is 5.17. The molecular weight excluding hydrogens is 248 g/mol. The summed E-state index contributed by atoms with van der Waals surface area (Å²) in [7, 11) is 1.58. The van der Waals surface area contributed by atoms with Gasteiger partial charge in [0.05, 0.1) is 24.0 Å². The molecular formula is C13H18N2O2S. The third kappa shape index (κ3) is 4.13. The molecule has 98 valence electrons. The van der Waals surface area contributed by atoms with Gasteiger partial charge in [-0.3, -0.25) is 0 Å². The number of hydrogen-bond donors (Lipinski definition) is 2. The summed E-state index contributed by atoms with van der Waals surface area (Å²) in [6.45, 7) is 2.15. The number of anilines is 1. The molecule has 0 aliphatic rings. The average molecular weight is 266 g/mol. The summed E-state index contributed by atoms with van der Waals surface area (Å²) in [6, 6.07) is 7.31. The lowest BCUT2D eigenvalue weighted by atomic mass is 10.1. The van der Waals surface area contributed by atoms with E-state index in [1.54, 1.807) is 44.0 Å². The second kappa shape index (κ2) is 6.53. The number of rotatable bonds is 6. The predicted molar refractivity (Wildman–Crippen MR) is 75.2 cm³/mol. The van der Waals surface area contributed by atoms with Gasteiger partial charge in [0.25, 0.3) is 0 Å². The number of methoxy groups -OCH3 is 1. The minimum atomic E-state index is -0.810. The van der Waals surface area contributed by atoms with E-state index in [2.05, 4.69) is 11.4 Å². The molecule has 0 fully saturated rings. The maximum absolute atomic E-state index is 10.1. The van der Waals surface area contributed by atoms with Gasteiger partial charge in [-0.1, -0.05) is 0 Å².